The van der Waals surface area contributed by atoms with Gasteiger partial charge in [0, 0.05) is 0 Å². The van der Waals surface area contributed by atoms with Crippen molar-refractivity contribution in [3.8, 4) is 0 Å². The quantitative estimate of drug-likeness (QED) is 0.763. The van der Waals surface area contributed by atoms with Gasteiger partial charge in [0.2, 0.25) is 0 Å². The zero-order valence-corrected chi connectivity index (χ0v) is 7.72. The first-order chi connectivity index (χ1) is 6.16. The summed E-state index contributed by atoms with van der Waals surface area (Å²) in [4.78, 5) is 0. The van der Waals surface area contributed by atoms with Gasteiger partial charge < -0.3 is 5.32 Å². The van der Waals surface area contributed by atoms with Gasteiger partial charge in [-0.05, 0) is 25.1 Å². The monoisotopic (exact) mass is 185 g/mol. The number of nitrogens with one attached hydrogen (secondary N) is 1. The Bertz CT molecular complexity index is 273. The molecule has 13 heavy (non-hydrogen) atoms. The molecule has 0 fully saturated rings. The molecule has 0 heterocycles. The van der Waals surface area contributed by atoms with Crippen LogP contribution in [0.5, 0.6) is 0 Å². The van der Waals surface area contributed by atoms with E-state index in [1.807, 2.05) is 19.1 Å². The molecule has 0 aliphatic carbocycles. The molecule has 0 aliphatic rings. The summed E-state index contributed by atoms with van der Waals surface area (Å²) in [6.07, 6.45) is -2.37. The Morgan fingerprint density at radius 1 is 1.23 bits per heavy atom. The van der Waals surface area contributed by atoms with Gasteiger partial charge in [-0.15, -0.1) is 0 Å². The fourth-order valence-corrected chi connectivity index (χ4v) is 1.35. The molecule has 0 saturated heterocycles. The summed E-state index contributed by atoms with van der Waals surface area (Å²) >= 11 is 0. The van der Waals surface area contributed by atoms with Crippen LogP contribution in [0.1, 0.15) is 17.2 Å². The van der Waals surface area contributed by atoms with Crippen LogP contribution in [0, 0.1) is 6.92 Å². The fourth-order valence-electron chi connectivity index (χ4n) is 1.35. The minimum absolute atomic E-state index is 0.667. The molecule has 1 aromatic rings. The summed E-state index contributed by atoms with van der Waals surface area (Å²) in [5, 5.41) is 2.61. The first-order valence-electron chi connectivity index (χ1n) is 4.17. The Hall–Kier alpha value is -0.960. The lowest BCUT2D eigenvalue weighted by molar-refractivity contribution is 0.102. The molecule has 0 saturated carbocycles. The predicted octanol–water partition coefficient (Wildman–Crippen LogP) is 2.52. The van der Waals surface area contributed by atoms with Crippen molar-refractivity contribution in [1.29, 1.82) is 0 Å². The van der Waals surface area contributed by atoms with Crippen LogP contribution in [-0.2, 0) is 0 Å². The maximum absolute atomic E-state index is 12.5. The zero-order valence-electron chi connectivity index (χ0n) is 7.72. The van der Waals surface area contributed by atoms with E-state index in [1.54, 1.807) is 19.2 Å². The molecule has 0 bridgehead atoms. The Morgan fingerprint density at radius 3 is 2.31 bits per heavy atom. The first kappa shape index (κ1) is 10.1. The highest BCUT2D eigenvalue weighted by molar-refractivity contribution is 5.29. The zero-order chi connectivity index (χ0) is 9.84. The smallest absolute Gasteiger partial charge is 0.257 e. The highest BCUT2D eigenvalue weighted by Gasteiger charge is 2.21. The van der Waals surface area contributed by atoms with Gasteiger partial charge in [0.15, 0.2) is 0 Å². The maximum Gasteiger partial charge on any atom is 0.257 e. The molecule has 1 nitrogen and oxygen atoms in total. The van der Waals surface area contributed by atoms with Crippen LogP contribution in [0.25, 0.3) is 0 Å². The van der Waals surface area contributed by atoms with E-state index in [0.717, 1.165) is 5.56 Å². The molecule has 1 rings (SSSR count). The molecule has 1 unspecified atom stereocenters. The number of hydrogen-bond acceptors (Lipinski definition) is 1. The van der Waals surface area contributed by atoms with Gasteiger partial charge in [0.05, 0.1) is 6.04 Å². The topological polar surface area (TPSA) is 12.0 Å². The highest BCUT2D eigenvalue weighted by Crippen LogP contribution is 2.22. The van der Waals surface area contributed by atoms with Crippen LogP contribution in [0.2, 0.25) is 0 Å². The van der Waals surface area contributed by atoms with E-state index in [4.69, 9.17) is 0 Å². The lowest BCUT2D eigenvalue weighted by Gasteiger charge is -2.17. The Labute approximate surface area is 76.8 Å². The molecule has 1 aromatic carbocycles. The molecule has 0 amide bonds. The van der Waals surface area contributed by atoms with E-state index in [2.05, 4.69) is 5.32 Å². The maximum atomic E-state index is 12.5. The van der Waals surface area contributed by atoms with E-state index in [-0.39, 0.29) is 0 Å². The van der Waals surface area contributed by atoms with Gasteiger partial charge in [-0.3, -0.25) is 0 Å². The van der Waals surface area contributed by atoms with E-state index >= 15 is 0 Å². The van der Waals surface area contributed by atoms with Gasteiger partial charge in [-0.25, -0.2) is 8.78 Å². The third-order valence-electron chi connectivity index (χ3n) is 2.09. The second kappa shape index (κ2) is 4.33. The van der Waals surface area contributed by atoms with Crippen LogP contribution in [-0.4, -0.2) is 13.5 Å². The summed E-state index contributed by atoms with van der Waals surface area (Å²) in [6, 6.07) is 6.32. The Balaban J connectivity index is 2.97. The molecule has 0 aliphatic heterocycles. The Morgan fingerprint density at radius 2 is 1.85 bits per heavy atom. The van der Waals surface area contributed by atoms with E-state index in [9.17, 15) is 8.78 Å². The molecule has 0 aromatic heterocycles. The summed E-state index contributed by atoms with van der Waals surface area (Å²) in [5.74, 6) is 0. The van der Waals surface area contributed by atoms with Crippen molar-refractivity contribution < 1.29 is 8.78 Å². The third kappa shape index (κ3) is 2.25. The largest absolute Gasteiger partial charge is 0.308 e. The minimum Gasteiger partial charge on any atom is -0.308 e. The highest BCUT2D eigenvalue weighted by atomic mass is 19.3. The van der Waals surface area contributed by atoms with E-state index in [1.165, 1.54) is 0 Å². The number of halogens is 2. The molecule has 3 heteroatoms. The summed E-state index contributed by atoms with van der Waals surface area (Å²) < 4.78 is 25.0. The second-order valence-electron chi connectivity index (χ2n) is 2.96. The van der Waals surface area contributed by atoms with Crippen molar-refractivity contribution in [3.05, 3.63) is 35.4 Å². The number of alkyl halides is 2. The van der Waals surface area contributed by atoms with E-state index < -0.39 is 12.5 Å². The fraction of sp³-hybridized carbons (Fsp3) is 0.400. The van der Waals surface area contributed by atoms with Crippen LogP contribution >= 0.6 is 0 Å². The summed E-state index contributed by atoms with van der Waals surface area (Å²) in [6.45, 7) is 1.84. The summed E-state index contributed by atoms with van der Waals surface area (Å²) in [5.41, 5.74) is 1.56. The number of hydrogen-bond donors (Lipinski definition) is 1. The van der Waals surface area contributed by atoms with E-state index in [0.29, 0.717) is 5.56 Å². The lowest BCUT2D eigenvalue weighted by atomic mass is 10.0. The van der Waals surface area contributed by atoms with Crippen molar-refractivity contribution in [2.45, 2.75) is 19.4 Å². The Kier molecular flexibility index (Phi) is 3.37. The molecular formula is C10H13F2N. The minimum atomic E-state index is -2.37. The van der Waals surface area contributed by atoms with Crippen molar-refractivity contribution in [2.75, 3.05) is 7.05 Å². The van der Waals surface area contributed by atoms with Gasteiger partial charge in [0.25, 0.3) is 6.43 Å². The molecule has 1 atom stereocenters. The van der Waals surface area contributed by atoms with Crippen LogP contribution < -0.4 is 5.32 Å². The normalized spacial score (nSPS) is 13.3. The average molecular weight is 185 g/mol. The number of benzene rings is 1. The van der Waals surface area contributed by atoms with Crippen molar-refractivity contribution in [1.82, 2.24) is 5.32 Å². The molecular weight excluding hydrogens is 172 g/mol. The van der Waals surface area contributed by atoms with Gasteiger partial charge in [-0.2, -0.15) is 0 Å². The third-order valence-corrected chi connectivity index (χ3v) is 2.09. The van der Waals surface area contributed by atoms with Gasteiger partial charge in [-0.1, -0.05) is 24.3 Å². The standard InChI is InChI=1S/C10H13F2N/c1-7-5-3-4-6-8(7)9(13-2)10(11)12/h3-6,9-10,13H,1-2H3. The molecule has 1 N–H and O–H groups in total. The molecule has 0 radical (unpaired) electrons. The van der Waals surface area contributed by atoms with Gasteiger partial charge >= 0.3 is 0 Å². The first-order valence-corrected chi connectivity index (χ1v) is 4.17. The lowest BCUT2D eigenvalue weighted by Crippen LogP contribution is -2.24. The second-order valence-corrected chi connectivity index (χ2v) is 2.96. The van der Waals surface area contributed by atoms with Crippen LogP contribution in [0.4, 0.5) is 8.78 Å². The van der Waals surface area contributed by atoms with Crippen molar-refractivity contribution in [3.63, 3.8) is 0 Å². The van der Waals surface area contributed by atoms with Gasteiger partial charge in [0.1, 0.15) is 0 Å². The SMILES string of the molecule is CNC(c1ccccc1C)C(F)F. The van der Waals surface area contributed by atoms with Crippen molar-refractivity contribution >= 4 is 0 Å². The average Bonchev–Trinajstić information content (AvgIpc) is 2.09. The summed E-state index contributed by atoms with van der Waals surface area (Å²) in [7, 11) is 1.54. The number of rotatable bonds is 3. The predicted molar refractivity (Wildman–Crippen MR) is 49.0 cm³/mol. The van der Waals surface area contributed by atoms with Crippen LogP contribution in [0.3, 0.4) is 0 Å². The van der Waals surface area contributed by atoms with Crippen molar-refractivity contribution in [2.24, 2.45) is 0 Å². The molecule has 72 valence electrons. The number of aryl methyl sites for hydroxylation is 1. The van der Waals surface area contributed by atoms with Crippen LogP contribution in [0.15, 0.2) is 24.3 Å². The molecule has 0 spiro atoms.